The second-order valence-corrected chi connectivity index (χ2v) is 6.18. The number of pyridine rings is 1. The van der Waals surface area contributed by atoms with Crippen LogP contribution < -0.4 is 5.32 Å². The minimum Gasteiger partial charge on any atom is -0.339 e. The van der Waals surface area contributed by atoms with Gasteiger partial charge in [0, 0.05) is 35.0 Å². The van der Waals surface area contributed by atoms with Crippen LogP contribution in [0.15, 0.2) is 41.0 Å². The van der Waals surface area contributed by atoms with Gasteiger partial charge in [0.05, 0.1) is 0 Å². The van der Waals surface area contributed by atoms with E-state index in [1.165, 1.54) is 12.3 Å². The van der Waals surface area contributed by atoms with Crippen molar-refractivity contribution in [1.29, 1.82) is 0 Å². The van der Waals surface area contributed by atoms with E-state index in [-0.39, 0.29) is 17.5 Å². The molecule has 2 aromatic rings. The molecule has 0 radical (unpaired) electrons. The van der Waals surface area contributed by atoms with Crippen molar-refractivity contribution >= 4 is 33.4 Å². The summed E-state index contributed by atoms with van der Waals surface area (Å²) in [5.74, 6) is -0.443. The molecule has 0 fully saturated rings. The maximum absolute atomic E-state index is 12.4. The Morgan fingerprint density at radius 3 is 2.50 bits per heavy atom. The third kappa shape index (κ3) is 4.20. The average Bonchev–Trinajstić information content (AvgIpc) is 2.59. The summed E-state index contributed by atoms with van der Waals surface area (Å²) < 4.78 is 0.977. The molecule has 1 aromatic heterocycles. The quantitative estimate of drug-likeness (QED) is 0.843. The van der Waals surface area contributed by atoms with Gasteiger partial charge in [0.25, 0.3) is 11.8 Å². The van der Waals surface area contributed by atoms with Crippen molar-refractivity contribution in [3.63, 3.8) is 0 Å². The van der Waals surface area contributed by atoms with Gasteiger partial charge in [0.2, 0.25) is 0 Å². The Morgan fingerprint density at radius 2 is 1.88 bits per heavy atom. The number of benzene rings is 1. The molecule has 0 saturated heterocycles. The lowest BCUT2D eigenvalue weighted by Crippen LogP contribution is -2.30. The Hall–Kier alpha value is -2.21. The molecular formula is C18H20BrN3O2. The van der Waals surface area contributed by atoms with Gasteiger partial charge >= 0.3 is 0 Å². The summed E-state index contributed by atoms with van der Waals surface area (Å²) in [5, 5.41) is 2.80. The second-order valence-electron chi connectivity index (χ2n) is 5.33. The summed E-state index contributed by atoms with van der Waals surface area (Å²) in [4.78, 5) is 30.5. The van der Waals surface area contributed by atoms with Crippen LogP contribution in [0.4, 0.5) is 5.69 Å². The molecule has 0 atom stereocenters. The third-order valence-electron chi connectivity index (χ3n) is 3.71. The van der Waals surface area contributed by atoms with Gasteiger partial charge in [0.1, 0.15) is 5.69 Å². The molecule has 0 spiro atoms. The summed E-state index contributed by atoms with van der Waals surface area (Å²) in [6, 6.07) is 8.70. The molecule has 0 bridgehead atoms. The largest absolute Gasteiger partial charge is 0.339 e. The lowest BCUT2D eigenvalue weighted by molar-refractivity contribution is 0.0773. The van der Waals surface area contributed by atoms with Gasteiger partial charge in [-0.2, -0.15) is 0 Å². The molecule has 6 heteroatoms. The molecule has 0 unspecified atom stereocenters. The summed E-state index contributed by atoms with van der Waals surface area (Å²) >= 11 is 3.43. The van der Waals surface area contributed by atoms with Gasteiger partial charge in [-0.05, 0) is 56.7 Å². The lowest BCUT2D eigenvalue weighted by Gasteiger charge is -2.18. The number of rotatable bonds is 5. The van der Waals surface area contributed by atoms with Crippen LogP contribution in [0.1, 0.15) is 40.3 Å². The maximum atomic E-state index is 12.4. The average molecular weight is 390 g/mol. The van der Waals surface area contributed by atoms with Crippen molar-refractivity contribution in [1.82, 2.24) is 9.88 Å². The zero-order chi connectivity index (χ0) is 17.7. The highest BCUT2D eigenvalue weighted by molar-refractivity contribution is 9.10. The minimum absolute atomic E-state index is 0.101. The van der Waals surface area contributed by atoms with Gasteiger partial charge < -0.3 is 10.2 Å². The Labute approximate surface area is 150 Å². The molecule has 0 aliphatic carbocycles. The Bertz CT molecular complexity index is 758. The number of aromatic nitrogens is 1. The first-order valence-electron chi connectivity index (χ1n) is 7.79. The van der Waals surface area contributed by atoms with Crippen molar-refractivity contribution in [3.05, 3.63) is 57.8 Å². The Morgan fingerprint density at radius 1 is 1.17 bits per heavy atom. The monoisotopic (exact) mass is 389 g/mol. The van der Waals surface area contributed by atoms with E-state index in [9.17, 15) is 9.59 Å². The number of amides is 2. The van der Waals surface area contributed by atoms with Crippen LogP contribution in [-0.4, -0.2) is 34.8 Å². The smallest absolute Gasteiger partial charge is 0.274 e. The molecule has 24 heavy (non-hydrogen) atoms. The van der Waals surface area contributed by atoms with Gasteiger partial charge in [-0.1, -0.05) is 15.9 Å². The van der Waals surface area contributed by atoms with Crippen molar-refractivity contribution in [2.24, 2.45) is 0 Å². The molecule has 5 nitrogen and oxygen atoms in total. The standard InChI is InChI=1S/C18H20BrN3O2/c1-4-22(5-2)18(24)13-8-9-20-16(11-13)17(23)21-14-6-7-15(19)12(3)10-14/h6-11H,4-5H2,1-3H3,(H,21,23). The molecule has 0 aliphatic rings. The number of nitrogens with one attached hydrogen (secondary N) is 1. The zero-order valence-electron chi connectivity index (χ0n) is 14.0. The fourth-order valence-electron chi connectivity index (χ4n) is 2.30. The van der Waals surface area contributed by atoms with E-state index in [1.807, 2.05) is 32.9 Å². The molecule has 2 rings (SSSR count). The number of anilines is 1. The van der Waals surface area contributed by atoms with E-state index in [0.29, 0.717) is 24.3 Å². The number of hydrogen-bond acceptors (Lipinski definition) is 3. The summed E-state index contributed by atoms with van der Waals surface area (Å²) in [6.45, 7) is 7.04. The van der Waals surface area contributed by atoms with Crippen LogP contribution >= 0.6 is 15.9 Å². The molecule has 1 aromatic carbocycles. The number of halogens is 1. The van der Waals surface area contributed by atoms with E-state index in [0.717, 1.165) is 10.0 Å². The molecule has 0 saturated carbocycles. The predicted molar refractivity (Wildman–Crippen MR) is 98.3 cm³/mol. The molecule has 2 amide bonds. The van der Waals surface area contributed by atoms with E-state index < -0.39 is 0 Å². The highest BCUT2D eigenvalue weighted by Crippen LogP contribution is 2.20. The first-order valence-corrected chi connectivity index (χ1v) is 8.58. The van der Waals surface area contributed by atoms with E-state index >= 15 is 0 Å². The predicted octanol–water partition coefficient (Wildman–Crippen LogP) is 3.89. The number of carbonyl (C=O) groups is 2. The summed E-state index contributed by atoms with van der Waals surface area (Å²) in [5.41, 5.74) is 2.38. The van der Waals surface area contributed by atoms with Crippen molar-refractivity contribution in [2.45, 2.75) is 20.8 Å². The number of nitrogens with zero attached hydrogens (tertiary/aromatic N) is 2. The molecule has 0 aliphatic heterocycles. The number of carbonyl (C=O) groups excluding carboxylic acids is 2. The maximum Gasteiger partial charge on any atom is 0.274 e. The van der Waals surface area contributed by atoms with E-state index in [1.54, 1.807) is 17.0 Å². The fourth-order valence-corrected chi connectivity index (χ4v) is 2.55. The van der Waals surface area contributed by atoms with Crippen molar-refractivity contribution < 1.29 is 9.59 Å². The molecule has 1 N–H and O–H groups in total. The van der Waals surface area contributed by atoms with Crippen LogP contribution in [0.5, 0.6) is 0 Å². The SMILES string of the molecule is CCN(CC)C(=O)c1ccnc(C(=O)Nc2ccc(Br)c(C)c2)c1. The van der Waals surface area contributed by atoms with Gasteiger partial charge in [0.15, 0.2) is 0 Å². The van der Waals surface area contributed by atoms with Crippen molar-refractivity contribution in [3.8, 4) is 0 Å². The normalized spacial score (nSPS) is 10.3. The molecule has 1 heterocycles. The van der Waals surface area contributed by atoms with Gasteiger partial charge in [-0.15, -0.1) is 0 Å². The number of aryl methyl sites for hydroxylation is 1. The Kier molecular flexibility index (Phi) is 6.09. The van der Waals surface area contributed by atoms with E-state index in [2.05, 4.69) is 26.2 Å². The lowest BCUT2D eigenvalue weighted by atomic mass is 10.2. The highest BCUT2D eigenvalue weighted by atomic mass is 79.9. The summed E-state index contributed by atoms with van der Waals surface area (Å²) in [6.07, 6.45) is 1.48. The number of hydrogen-bond donors (Lipinski definition) is 1. The van der Waals surface area contributed by atoms with Gasteiger partial charge in [-0.25, -0.2) is 0 Å². The topological polar surface area (TPSA) is 62.3 Å². The molecular weight excluding hydrogens is 370 g/mol. The van der Waals surface area contributed by atoms with Crippen molar-refractivity contribution in [2.75, 3.05) is 18.4 Å². The molecule has 126 valence electrons. The highest BCUT2D eigenvalue weighted by Gasteiger charge is 2.15. The van der Waals surface area contributed by atoms with Gasteiger partial charge in [-0.3, -0.25) is 14.6 Å². The Balaban J connectivity index is 2.19. The summed E-state index contributed by atoms with van der Waals surface area (Å²) in [7, 11) is 0. The van der Waals surface area contributed by atoms with E-state index in [4.69, 9.17) is 0 Å². The third-order valence-corrected chi connectivity index (χ3v) is 4.60. The van der Waals surface area contributed by atoms with Crippen LogP contribution in [0, 0.1) is 6.92 Å². The minimum atomic E-state index is -0.342. The second kappa shape index (κ2) is 8.06. The van der Waals surface area contributed by atoms with Crippen LogP contribution in [0.3, 0.4) is 0 Å². The van der Waals surface area contributed by atoms with Crippen LogP contribution in [0.2, 0.25) is 0 Å². The fraction of sp³-hybridized carbons (Fsp3) is 0.278. The van der Waals surface area contributed by atoms with Crippen LogP contribution in [-0.2, 0) is 0 Å². The zero-order valence-corrected chi connectivity index (χ0v) is 15.6. The first kappa shape index (κ1) is 18.1. The van der Waals surface area contributed by atoms with Crippen LogP contribution in [0.25, 0.3) is 0 Å². The first-order chi connectivity index (χ1) is 11.5.